The van der Waals surface area contributed by atoms with Gasteiger partial charge < -0.3 is 9.84 Å². The van der Waals surface area contributed by atoms with E-state index in [9.17, 15) is 0 Å². The molecule has 0 aliphatic rings. The SMILES string of the molecule is CCCNC(C)c1nc(-c2cccc(Br)c2)no1.Cl. The molecule has 1 atom stereocenters. The standard InChI is InChI=1S/C13H16BrN3O.ClH/c1-3-7-15-9(2)13-16-12(17-18-13)10-5-4-6-11(14)8-10;/h4-6,8-9,15H,3,7H2,1-2H3;1H. The Labute approximate surface area is 127 Å². The summed E-state index contributed by atoms with van der Waals surface area (Å²) in [4.78, 5) is 4.41. The van der Waals surface area contributed by atoms with E-state index >= 15 is 0 Å². The second-order valence-corrected chi connectivity index (χ2v) is 5.06. The van der Waals surface area contributed by atoms with E-state index in [4.69, 9.17) is 4.52 Å². The Morgan fingerprint density at radius 2 is 2.21 bits per heavy atom. The van der Waals surface area contributed by atoms with Gasteiger partial charge in [-0.3, -0.25) is 0 Å². The average Bonchev–Trinajstić information content (AvgIpc) is 2.85. The Bertz CT molecular complexity index is 518. The first-order valence-electron chi connectivity index (χ1n) is 6.03. The van der Waals surface area contributed by atoms with Crippen LogP contribution in [0.1, 0.15) is 32.2 Å². The van der Waals surface area contributed by atoms with Gasteiger partial charge in [0.1, 0.15) is 0 Å². The van der Waals surface area contributed by atoms with Gasteiger partial charge in [0.2, 0.25) is 11.7 Å². The van der Waals surface area contributed by atoms with Crippen LogP contribution in [0, 0.1) is 0 Å². The number of hydrogen-bond acceptors (Lipinski definition) is 4. The zero-order valence-electron chi connectivity index (χ0n) is 10.9. The molecule has 1 aromatic carbocycles. The van der Waals surface area contributed by atoms with Crippen molar-refractivity contribution in [3.63, 3.8) is 0 Å². The minimum absolute atomic E-state index is 0. The number of rotatable bonds is 5. The predicted octanol–water partition coefficient (Wildman–Crippen LogP) is 3.98. The third-order valence-corrected chi connectivity index (χ3v) is 3.09. The molecule has 0 aliphatic heterocycles. The maximum absolute atomic E-state index is 5.28. The normalized spacial score (nSPS) is 11.9. The Morgan fingerprint density at radius 3 is 2.89 bits per heavy atom. The quantitative estimate of drug-likeness (QED) is 0.889. The summed E-state index contributed by atoms with van der Waals surface area (Å²) in [7, 11) is 0. The highest BCUT2D eigenvalue weighted by Crippen LogP contribution is 2.21. The molecule has 19 heavy (non-hydrogen) atoms. The van der Waals surface area contributed by atoms with Gasteiger partial charge in [0, 0.05) is 10.0 Å². The van der Waals surface area contributed by atoms with E-state index in [2.05, 4.69) is 38.3 Å². The average molecular weight is 347 g/mol. The zero-order valence-corrected chi connectivity index (χ0v) is 13.3. The fourth-order valence-electron chi connectivity index (χ4n) is 1.60. The topological polar surface area (TPSA) is 51.0 Å². The summed E-state index contributed by atoms with van der Waals surface area (Å²) in [6.07, 6.45) is 1.08. The lowest BCUT2D eigenvalue weighted by atomic mass is 10.2. The lowest BCUT2D eigenvalue weighted by Gasteiger charge is -2.06. The van der Waals surface area contributed by atoms with Crippen molar-refractivity contribution in [2.75, 3.05) is 6.54 Å². The molecular formula is C13H17BrClN3O. The molecule has 2 rings (SSSR count). The van der Waals surface area contributed by atoms with Gasteiger partial charge in [-0.1, -0.05) is 40.1 Å². The summed E-state index contributed by atoms with van der Waals surface area (Å²) >= 11 is 3.43. The van der Waals surface area contributed by atoms with Crippen LogP contribution in [0.25, 0.3) is 11.4 Å². The molecule has 6 heteroatoms. The fraction of sp³-hybridized carbons (Fsp3) is 0.385. The molecule has 0 spiro atoms. The van der Waals surface area contributed by atoms with Crippen LogP contribution in [0.3, 0.4) is 0 Å². The monoisotopic (exact) mass is 345 g/mol. The zero-order chi connectivity index (χ0) is 13.0. The van der Waals surface area contributed by atoms with Gasteiger partial charge in [-0.15, -0.1) is 12.4 Å². The van der Waals surface area contributed by atoms with E-state index in [0.717, 1.165) is 23.0 Å². The summed E-state index contributed by atoms with van der Waals surface area (Å²) in [6.45, 7) is 5.09. The number of aromatic nitrogens is 2. The van der Waals surface area contributed by atoms with Crippen molar-refractivity contribution in [1.82, 2.24) is 15.5 Å². The lowest BCUT2D eigenvalue weighted by Crippen LogP contribution is -2.19. The number of nitrogens with one attached hydrogen (secondary N) is 1. The van der Waals surface area contributed by atoms with Crippen LogP contribution in [0.15, 0.2) is 33.3 Å². The van der Waals surface area contributed by atoms with Gasteiger partial charge in [-0.05, 0) is 32.0 Å². The summed E-state index contributed by atoms with van der Waals surface area (Å²) in [6, 6.07) is 7.94. The molecule has 0 saturated carbocycles. The molecule has 104 valence electrons. The first kappa shape index (κ1) is 16.1. The van der Waals surface area contributed by atoms with Crippen molar-refractivity contribution in [2.45, 2.75) is 26.3 Å². The van der Waals surface area contributed by atoms with E-state index in [1.54, 1.807) is 0 Å². The highest BCUT2D eigenvalue weighted by atomic mass is 79.9. The molecule has 4 nitrogen and oxygen atoms in total. The minimum Gasteiger partial charge on any atom is -0.337 e. The second-order valence-electron chi connectivity index (χ2n) is 4.14. The maximum Gasteiger partial charge on any atom is 0.243 e. The van der Waals surface area contributed by atoms with Gasteiger partial charge in [0.15, 0.2) is 0 Å². The van der Waals surface area contributed by atoms with Crippen LogP contribution in [0.5, 0.6) is 0 Å². The first-order valence-corrected chi connectivity index (χ1v) is 6.83. The molecular weight excluding hydrogens is 330 g/mol. The number of hydrogen-bond donors (Lipinski definition) is 1. The number of nitrogens with zero attached hydrogens (tertiary/aromatic N) is 2. The molecule has 0 amide bonds. The Kier molecular flexibility index (Phi) is 6.48. The Balaban J connectivity index is 0.00000180. The van der Waals surface area contributed by atoms with E-state index in [1.807, 2.05) is 31.2 Å². The third kappa shape index (κ3) is 4.30. The first-order chi connectivity index (χ1) is 8.70. The van der Waals surface area contributed by atoms with Crippen LogP contribution < -0.4 is 5.32 Å². The molecule has 2 aromatic rings. The smallest absolute Gasteiger partial charge is 0.243 e. The molecule has 1 unspecified atom stereocenters. The van der Waals surface area contributed by atoms with Crippen molar-refractivity contribution in [1.29, 1.82) is 0 Å². The van der Waals surface area contributed by atoms with Crippen LogP contribution >= 0.6 is 28.3 Å². The van der Waals surface area contributed by atoms with Gasteiger partial charge in [0.05, 0.1) is 6.04 Å². The van der Waals surface area contributed by atoms with E-state index in [1.165, 1.54) is 0 Å². The third-order valence-electron chi connectivity index (χ3n) is 2.60. The summed E-state index contributed by atoms with van der Waals surface area (Å²) in [5, 5.41) is 7.33. The van der Waals surface area contributed by atoms with E-state index < -0.39 is 0 Å². The second kappa shape index (κ2) is 7.62. The Morgan fingerprint density at radius 1 is 1.42 bits per heavy atom. The van der Waals surface area contributed by atoms with Gasteiger partial charge in [0.25, 0.3) is 0 Å². The van der Waals surface area contributed by atoms with Crippen molar-refractivity contribution < 1.29 is 4.52 Å². The van der Waals surface area contributed by atoms with Crippen LogP contribution in [0.2, 0.25) is 0 Å². The molecule has 0 saturated heterocycles. The van der Waals surface area contributed by atoms with Crippen molar-refractivity contribution in [3.05, 3.63) is 34.6 Å². The van der Waals surface area contributed by atoms with Crippen LogP contribution in [-0.2, 0) is 0 Å². The largest absolute Gasteiger partial charge is 0.337 e. The van der Waals surface area contributed by atoms with Crippen LogP contribution in [0.4, 0.5) is 0 Å². The highest BCUT2D eigenvalue weighted by Gasteiger charge is 2.14. The lowest BCUT2D eigenvalue weighted by molar-refractivity contribution is 0.340. The number of benzene rings is 1. The van der Waals surface area contributed by atoms with Crippen LogP contribution in [-0.4, -0.2) is 16.7 Å². The fourth-order valence-corrected chi connectivity index (χ4v) is 2.00. The molecule has 0 aliphatic carbocycles. The summed E-state index contributed by atoms with van der Waals surface area (Å²) in [5.74, 6) is 1.25. The molecule has 1 heterocycles. The van der Waals surface area contributed by atoms with Gasteiger partial charge >= 0.3 is 0 Å². The van der Waals surface area contributed by atoms with Gasteiger partial charge in [-0.25, -0.2) is 0 Å². The molecule has 1 aromatic heterocycles. The minimum atomic E-state index is 0. The predicted molar refractivity (Wildman–Crippen MR) is 81.4 cm³/mol. The highest BCUT2D eigenvalue weighted by molar-refractivity contribution is 9.10. The maximum atomic E-state index is 5.28. The van der Waals surface area contributed by atoms with Gasteiger partial charge in [-0.2, -0.15) is 4.98 Å². The molecule has 0 fully saturated rings. The number of halogens is 2. The Hall–Kier alpha value is -0.910. The molecule has 1 N–H and O–H groups in total. The van der Waals surface area contributed by atoms with E-state index in [0.29, 0.717) is 11.7 Å². The summed E-state index contributed by atoms with van der Waals surface area (Å²) < 4.78 is 6.28. The molecule has 0 radical (unpaired) electrons. The summed E-state index contributed by atoms with van der Waals surface area (Å²) in [5.41, 5.74) is 0.946. The van der Waals surface area contributed by atoms with E-state index in [-0.39, 0.29) is 18.4 Å². The van der Waals surface area contributed by atoms with Crippen molar-refractivity contribution in [3.8, 4) is 11.4 Å². The van der Waals surface area contributed by atoms with Crippen molar-refractivity contribution >= 4 is 28.3 Å². The molecule has 0 bridgehead atoms. The van der Waals surface area contributed by atoms with Crippen molar-refractivity contribution in [2.24, 2.45) is 0 Å².